The topological polar surface area (TPSA) is 110 Å². The Morgan fingerprint density at radius 2 is 1.79 bits per heavy atom. The summed E-state index contributed by atoms with van der Waals surface area (Å²) in [5.41, 5.74) is 10.1. The van der Waals surface area contributed by atoms with Gasteiger partial charge in [0, 0.05) is 60.1 Å². The monoisotopic (exact) mass is 643 g/mol. The van der Waals surface area contributed by atoms with Gasteiger partial charge in [-0.3, -0.25) is 9.78 Å². The highest BCUT2D eigenvalue weighted by molar-refractivity contribution is 6.09. The molecule has 0 aliphatic carbocycles. The van der Waals surface area contributed by atoms with Crippen LogP contribution in [0.1, 0.15) is 27.9 Å². The lowest BCUT2D eigenvalue weighted by molar-refractivity contribution is -0.137. The van der Waals surface area contributed by atoms with Crippen molar-refractivity contribution in [3.05, 3.63) is 89.9 Å². The highest BCUT2D eigenvalue weighted by Crippen LogP contribution is 2.45. The summed E-state index contributed by atoms with van der Waals surface area (Å²) < 4.78 is 47.2. The molecule has 0 spiro atoms. The quantitative estimate of drug-likeness (QED) is 0.169. The number of methoxy groups -OCH3 is 1. The zero-order valence-electron chi connectivity index (χ0n) is 26.8. The van der Waals surface area contributed by atoms with Gasteiger partial charge in [0.1, 0.15) is 5.75 Å². The lowest BCUT2D eigenvalue weighted by Crippen LogP contribution is -2.26. The number of benzene rings is 3. The molecule has 0 saturated carbocycles. The maximum Gasteiger partial charge on any atom is 0.416 e. The van der Waals surface area contributed by atoms with Crippen LogP contribution in [0.5, 0.6) is 5.75 Å². The third kappa shape index (κ3) is 7.28. The van der Waals surface area contributed by atoms with Gasteiger partial charge in [0.25, 0.3) is 5.91 Å². The number of aromatic nitrogens is 3. The second kappa shape index (κ2) is 13.6. The molecule has 244 valence electrons. The fourth-order valence-electron chi connectivity index (χ4n) is 5.52. The van der Waals surface area contributed by atoms with Crippen LogP contribution in [0.15, 0.2) is 73.2 Å². The van der Waals surface area contributed by atoms with Crippen molar-refractivity contribution in [2.75, 3.05) is 57.3 Å². The summed E-state index contributed by atoms with van der Waals surface area (Å²) in [4.78, 5) is 30.5. The van der Waals surface area contributed by atoms with Crippen LogP contribution in [0, 0.1) is 6.92 Å². The minimum Gasteiger partial charge on any atom is -0.495 e. The molecular weight excluding hydrogens is 607 g/mol. The van der Waals surface area contributed by atoms with E-state index in [1.165, 1.54) is 6.07 Å². The van der Waals surface area contributed by atoms with Crippen LogP contribution in [-0.4, -0.2) is 67.1 Å². The standard InChI is InChI=1S/C35H36F3N7O2/c1-21-9-11-25(42-33(46)28-17-24(35(36,37)38)10-12-29(28)45(4)15-7-14-44(2)3)18-26(21)27-16-23-20-41-34(39)43-31(23)30(32(27)47-5)22-8-6-13-40-19-22/h6,8-13,16-20H,7,14-15H2,1-5H3,(H,42,46)(H2,39,41,43). The number of carbonyl (C=O) groups excluding carboxylic acids is 1. The summed E-state index contributed by atoms with van der Waals surface area (Å²) in [5.74, 6) is -0.0453. The van der Waals surface area contributed by atoms with E-state index in [4.69, 9.17) is 10.5 Å². The number of anilines is 3. The van der Waals surface area contributed by atoms with E-state index in [9.17, 15) is 18.0 Å². The Balaban J connectivity index is 1.58. The maximum atomic E-state index is 13.7. The predicted octanol–water partition coefficient (Wildman–Crippen LogP) is 6.92. The molecule has 5 aromatic rings. The molecule has 0 saturated heterocycles. The van der Waals surface area contributed by atoms with Gasteiger partial charge in [0.2, 0.25) is 5.95 Å². The highest BCUT2D eigenvalue weighted by atomic mass is 19.4. The first-order chi connectivity index (χ1) is 22.4. The molecule has 9 nitrogen and oxygen atoms in total. The molecule has 47 heavy (non-hydrogen) atoms. The number of amides is 1. The molecule has 0 aliphatic rings. The molecule has 5 rings (SSSR count). The number of nitrogens with zero attached hydrogens (tertiary/aromatic N) is 5. The summed E-state index contributed by atoms with van der Waals surface area (Å²) >= 11 is 0. The van der Waals surface area contributed by atoms with Crippen LogP contribution in [0.3, 0.4) is 0 Å². The SMILES string of the molecule is COc1c(-c2cc(NC(=O)c3cc(C(F)(F)F)ccc3N(C)CCCN(C)C)ccc2C)cc2cnc(N)nc2c1-c1cccnc1. The predicted molar refractivity (Wildman–Crippen MR) is 180 cm³/mol. The number of nitrogens with one attached hydrogen (secondary N) is 1. The molecule has 1 amide bonds. The number of fused-ring (bicyclic) bond motifs is 1. The normalized spacial score (nSPS) is 11.6. The minimum absolute atomic E-state index is 0.0776. The number of nitrogen functional groups attached to an aromatic ring is 1. The third-order valence-corrected chi connectivity index (χ3v) is 7.86. The summed E-state index contributed by atoms with van der Waals surface area (Å²) in [6.45, 7) is 3.26. The average Bonchev–Trinajstić information content (AvgIpc) is 3.04. The van der Waals surface area contributed by atoms with Crippen molar-refractivity contribution in [2.24, 2.45) is 0 Å². The van der Waals surface area contributed by atoms with Gasteiger partial charge >= 0.3 is 6.18 Å². The van der Waals surface area contributed by atoms with Gasteiger partial charge in [-0.25, -0.2) is 9.97 Å². The van der Waals surface area contributed by atoms with E-state index < -0.39 is 17.6 Å². The third-order valence-electron chi connectivity index (χ3n) is 7.86. The van der Waals surface area contributed by atoms with E-state index >= 15 is 0 Å². The van der Waals surface area contributed by atoms with Gasteiger partial charge in [-0.05, 0) is 87.6 Å². The molecule has 0 aliphatic heterocycles. The van der Waals surface area contributed by atoms with Crippen LogP contribution in [0.4, 0.5) is 30.5 Å². The Morgan fingerprint density at radius 3 is 2.47 bits per heavy atom. The lowest BCUT2D eigenvalue weighted by atomic mass is 9.92. The van der Waals surface area contributed by atoms with E-state index in [0.29, 0.717) is 45.7 Å². The Morgan fingerprint density at radius 1 is 1.00 bits per heavy atom. The molecule has 0 unspecified atom stereocenters. The van der Waals surface area contributed by atoms with Crippen molar-refractivity contribution in [3.8, 4) is 28.0 Å². The van der Waals surface area contributed by atoms with E-state index in [1.807, 2.05) is 44.1 Å². The van der Waals surface area contributed by atoms with E-state index in [1.54, 1.807) is 55.8 Å². The molecule has 0 fully saturated rings. The van der Waals surface area contributed by atoms with E-state index in [2.05, 4.69) is 20.3 Å². The van der Waals surface area contributed by atoms with E-state index in [0.717, 1.165) is 41.8 Å². The molecule has 12 heteroatoms. The Kier molecular flexibility index (Phi) is 9.61. The van der Waals surface area contributed by atoms with Crippen LogP contribution >= 0.6 is 0 Å². The first kappa shape index (κ1) is 33.1. The number of halogens is 3. The molecule has 3 N–H and O–H groups in total. The fraction of sp³-hybridized carbons (Fsp3) is 0.257. The van der Waals surface area contributed by atoms with Crippen molar-refractivity contribution in [3.63, 3.8) is 0 Å². The van der Waals surface area contributed by atoms with Crippen molar-refractivity contribution in [2.45, 2.75) is 19.5 Å². The zero-order valence-corrected chi connectivity index (χ0v) is 26.8. The largest absolute Gasteiger partial charge is 0.495 e. The smallest absolute Gasteiger partial charge is 0.416 e. The molecule has 0 atom stereocenters. The van der Waals surface area contributed by atoms with Crippen molar-refractivity contribution in [1.29, 1.82) is 0 Å². The number of pyridine rings is 1. The van der Waals surface area contributed by atoms with Gasteiger partial charge in [-0.2, -0.15) is 13.2 Å². The number of carbonyl (C=O) groups is 1. The lowest BCUT2D eigenvalue weighted by Gasteiger charge is -2.24. The number of rotatable bonds is 10. The number of alkyl halides is 3. The maximum absolute atomic E-state index is 13.7. The van der Waals surface area contributed by atoms with Crippen molar-refractivity contribution >= 4 is 34.1 Å². The molecule has 3 aromatic carbocycles. The number of nitrogens with two attached hydrogens (primary N) is 1. The number of aryl methyl sites for hydroxylation is 1. The molecule has 0 bridgehead atoms. The van der Waals surface area contributed by atoms with Crippen LogP contribution in [0.25, 0.3) is 33.2 Å². The Hall–Kier alpha value is -5.23. The Labute approximate surface area is 271 Å². The first-order valence-corrected chi connectivity index (χ1v) is 14.9. The van der Waals surface area contributed by atoms with Gasteiger partial charge in [-0.15, -0.1) is 0 Å². The summed E-state index contributed by atoms with van der Waals surface area (Å²) in [7, 11) is 7.22. The van der Waals surface area contributed by atoms with Gasteiger partial charge in [0.05, 0.1) is 29.3 Å². The second-order valence-corrected chi connectivity index (χ2v) is 11.5. The van der Waals surface area contributed by atoms with Gasteiger partial charge in [0.15, 0.2) is 0 Å². The second-order valence-electron chi connectivity index (χ2n) is 11.5. The molecule has 2 heterocycles. The van der Waals surface area contributed by atoms with Crippen LogP contribution in [-0.2, 0) is 6.18 Å². The van der Waals surface area contributed by atoms with Crippen LogP contribution in [0.2, 0.25) is 0 Å². The van der Waals surface area contributed by atoms with E-state index in [-0.39, 0.29) is 11.5 Å². The van der Waals surface area contributed by atoms with Crippen molar-refractivity contribution < 1.29 is 22.7 Å². The number of ether oxygens (including phenoxy) is 1. The fourth-order valence-corrected chi connectivity index (χ4v) is 5.52. The summed E-state index contributed by atoms with van der Waals surface area (Å²) in [6, 6.07) is 14.2. The molecule has 2 aromatic heterocycles. The Bertz CT molecular complexity index is 1910. The molecule has 0 radical (unpaired) electrons. The summed E-state index contributed by atoms with van der Waals surface area (Å²) in [5, 5.41) is 3.54. The number of hydrogen-bond acceptors (Lipinski definition) is 8. The average molecular weight is 644 g/mol. The summed E-state index contributed by atoms with van der Waals surface area (Å²) in [6.07, 6.45) is 1.15. The first-order valence-electron chi connectivity index (χ1n) is 14.9. The molecular formula is C35H36F3N7O2. The van der Waals surface area contributed by atoms with Crippen LogP contribution < -0.4 is 20.7 Å². The minimum atomic E-state index is -4.61. The highest BCUT2D eigenvalue weighted by Gasteiger charge is 2.32. The van der Waals surface area contributed by atoms with Crippen molar-refractivity contribution in [1.82, 2.24) is 19.9 Å². The van der Waals surface area contributed by atoms with Gasteiger partial charge in [-0.1, -0.05) is 12.1 Å². The zero-order chi connectivity index (χ0) is 33.9. The van der Waals surface area contributed by atoms with Gasteiger partial charge < -0.3 is 25.6 Å². The number of hydrogen-bond donors (Lipinski definition) is 2.